The molecule has 1 aromatic heterocycles. The first-order valence-corrected chi connectivity index (χ1v) is 7.64. The van der Waals surface area contributed by atoms with Crippen LogP contribution in [0, 0.1) is 6.92 Å². The van der Waals surface area contributed by atoms with Gasteiger partial charge in [0, 0.05) is 42.7 Å². The molecule has 2 aromatic rings. The van der Waals surface area contributed by atoms with E-state index >= 15 is 0 Å². The minimum absolute atomic E-state index is 0.0520. The maximum absolute atomic E-state index is 5.39. The zero-order chi connectivity index (χ0) is 17.0. The topological polar surface area (TPSA) is 60.3 Å². The van der Waals surface area contributed by atoms with E-state index in [4.69, 9.17) is 21.7 Å². The molecule has 2 N–H and O–H groups in total. The van der Waals surface area contributed by atoms with Crippen molar-refractivity contribution >= 4 is 23.0 Å². The highest BCUT2D eigenvalue weighted by atomic mass is 32.1. The van der Waals surface area contributed by atoms with Crippen molar-refractivity contribution in [2.45, 2.75) is 19.9 Å². The Morgan fingerprint density at radius 1 is 1.22 bits per heavy atom. The Kier molecular flexibility index (Phi) is 5.44. The number of hydrogen-bond acceptors (Lipinski definition) is 4. The van der Waals surface area contributed by atoms with E-state index in [9.17, 15) is 0 Å². The SMILES string of the molecule is COc1cc(NC(=S)NC(C)c2cn(C)nc2C)cc(OC)c1. The molecule has 0 radical (unpaired) electrons. The Morgan fingerprint density at radius 2 is 1.83 bits per heavy atom. The summed E-state index contributed by atoms with van der Waals surface area (Å²) >= 11 is 5.39. The Hall–Kier alpha value is -2.28. The van der Waals surface area contributed by atoms with Gasteiger partial charge in [0.25, 0.3) is 0 Å². The van der Waals surface area contributed by atoms with Crippen LogP contribution in [0.25, 0.3) is 0 Å². The number of nitrogens with one attached hydrogen (secondary N) is 2. The van der Waals surface area contributed by atoms with Crippen molar-refractivity contribution in [1.82, 2.24) is 15.1 Å². The quantitative estimate of drug-likeness (QED) is 0.820. The number of nitrogens with zero attached hydrogens (tertiary/aromatic N) is 2. The van der Waals surface area contributed by atoms with Crippen molar-refractivity contribution < 1.29 is 9.47 Å². The van der Waals surface area contributed by atoms with E-state index in [1.807, 2.05) is 45.3 Å². The van der Waals surface area contributed by atoms with Gasteiger partial charge in [0.2, 0.25) is 0 Å². The Labute approximate surface area is 141 Å². The molecule has 2 rings (SSSR count). The summed E-state index contributed by atoms with van der Waals surface area (Å²) in [5.41, 5.74) is 2.90. The van der Waals surface area contributed by atoms with Crippen LogP contribution in [0.4, 0.5) is 5.69 Å². The number of hydrogen-bond donors (Lipinski definition) is 2. The van der Waals surface area contributed by atoms with Crippen molar-refractivity contribution in [2.75, 3.05) is 19.5 Å². The van der Waals surface area contributed by atoms with Crippen LogP contribution < -0.4 is 20.1 Å². The predicted octanol–water partition coefficient (Wildman–Crippen LogP) is 2.79. The van der Waals surface area contributed by atoms with Gasteiger partial charge >= 0.3 is 0 Å². The summed E-state index contributed by atoms with van der Waals surface area (Å²) < 4.78 is 12.3. The second-order valence-corrected chi connectivity index (χ2v) is 5.67. The third kappa shape index (κ3) is 4.35. The van der Waals surface area contributed by atoms with Gasteiger partial charge in [0.15, 0.2) is 5.11 Å². The highest BCUT2D eigenvalue weighted by molar-refractivity contribution is 7.80. The number of benzene rings is 1. The lowest BCUT2D eigenvalue weighted by Gasteiger charge is -2.17. The van der Waals surface area contributed by atoms with E-state index in [0.29, 0.717) is 16.6 Å². The number of anilines is 1. The molecule has 0 aliphatic carbocycles. The van der Waals surface area contributed by atoms with Gasteiger partial charge in [-0.3, -0.25) is 4.68 Å². The highest BCUT2D eigenvalue weighted by Gasteiger charge is 2.13. The minimum atomic E-state index is 0.0520. The lowest BCUT2D eigenvalue weighted by atomic mass is 10.1. The molecule has 0 spiro atoms. The molecule has 0 aliphatic rings. The van der Waals surface area contributed by atoms with E-state index in [0.717, 1.165) is 16.9 Å². The zero-order valence-corrected chi connectivity index (χ0v) is 14.8. The van der Waals surface area contributed by atoms with Crippen molar-refractivity contribution in [3.05, 3.63) is 35.7 Å². The molecular weight excluding hydrogens is 312 g/mol. The largest absolute Gasteiger partial charge is 0.497 e. The highest BCUT2D eigenvalue weighted by Crippen LogP contribution is 2.26. The number of methoxy groups -OCH3 is 2. The van der Waals surface area contributed by atoms with Gasteiger partial charge < -0.3 is 20.1 Å². The van der Waals surface area contributed by atoms with Crippen LogP contribution in [0.1, 0.15) is 24.2 Å². The fourth-order valence-electron chi connectivity index (χ4n) is 2.36. The first-order chi connectivity index (χ1) is 10.9. The molecule has 1 aromatic carbocycles. The first-order valence-electron chi connectivity index (χ1n) is 7.23. The molecule has 0 fully saturated rings. The third-order valence-electron chi connectivity index (χ3n) is 3.47. The molecule has 0 aliphatic heterocycles. The molecule has 0 saturated heterocycles. The summed E-state index contributed by atoms with van der Waals surface area (Å²) in [7, 11) is 5.13. The molecule has 1 unspecified atom stereocenters. The maximum atomic E-state index is 5.39. The van der Waals surface area contributed by atoms with Gasteiger partial charge in [0.05, 0.1) is 26.0 Å². The lowest BCUT2D eigenvalue weighted by molar-refractivity contribution is 0.395. The normalized spacial score (nSPS) is 11.7. The van der Waals surface area contributed by atoms with E-state index in [-0.39, 0.29) is 6.04 Å². The zero-order valence-electron chi connectivity index (χ0n) is 14.0. The summed E-state index contributed by atoms with van der Waals surface area (Å²) in [6.45, 7) is 4.03. The van der Waals surface area contributed by atoms with Crippen LogP contribution in [0.15, 0.2) is 24.4 Å². The number of ether oxygens (including phenoxy) is 2. The van der Waals surface area contributed by atoms with Crippen molar-refractivity contribution in [1.29, 1.82) is 0 Å². The summed E-state index contributed by atoms with van der Waals surface area (Å²) in [4.78, 5) is 0. The summed E-state index contributed by atoms with van der Waals surface area (Å²) in [5, 5.41) is 11.3. The van der Waals surface area contributed by atoms with E-state index < -0.39 is 0 Å². The standard InChI is InChI=1S/C16H22N4O2S/c1-10(15-9-20(3)19-11(15)2)17-16(23)18-12-6-13(21-4)8-14(7-12)22-5/h6-10H,1-5H3,(H2,17,18,23). The van der Waals surface area contributed by atoms with Gasteiger partial charge in [0.1, 0.15) is 11.5 Å². The summed E-state index contributed by atoms with van der Waals surface area (Å²) in [6, 6.07) is 5.58. The molecule has 1 atom stereocenters. The number of aromatic nitrogens is 2. The molecule has 0 bridgehead atoms. The van der Waals surface area contributed by atoms with E-state index in [2.05, 4.69) is 15.7 Å². The minimum Gasteiger partial charge on any atom is -0.497 e. The monoisotopic (exact) mass is 334 g/mol. The molecule has 124 valence electrons. The fraction of sp³-hybridized carbons (Fsp3) is 0.375. The average Bonchev–Trinajstić information content (AvgIpc) is 2.85. The van der Waals surface area contributed by atoms with Crippen LogP contribution in [-0.4, -0.2) is 29.1 Å². The van der Waals surface area contributed by atoms with Gasteiger partial charge in [-0.2, -0.15) is 5.10 Å². The summed E-state index contributed by atoms with van der Waals surface area (Å²) in [5.74, 6) is 1.40. The van der Waals surface area contributed by atoms with Gasteiger partial charge in [-0.05, 0) is 26.1 Å². The Bertz CT molecular complexity index is 677. The van der Waals surface area contributed by atoms with Gasteiger partial charge in [-0.25, -0.2) is 0 Å². The van der Waals surface area contributed by atoms with Crippen LogP contribution in [0.3, 0.4) is 0 Å². The van der Waals surface area contributed by atoms with Crippen LogP contribution in [-0.2, 0) is 7.05 Å². The molecule has 0 amide bonds. The molecule has 0 saturated carbocycles. The molecule has 6 nitrogen and oxygen atoms in total. The second-order valence-electron chi connectivity index (χ2n) is 5.27. The predicted molar refractivity (Wildman–Crippen MR) is 95.3 cm³/mol. The van der Waals surface area contributed by atoms with E-state index in [1.165, 1.54) is 0 Å². The Balaban J connectivity index is 2.06. The number of aryl methyl sites for hydroxylation is 2. The lowest BCUT2D eigenvalue weighted by Crippen LogP contribution is -2.31. The van der Waals surface area contributed by atoms with Crippen LogP contribution in [0.5, 0.6) is 11.5 Å². The molecule has 7 heteroatoms. The van der Waals surface area contributed by atoms with Crippen molar-refractivity contribution in [3.8, 4) is 11.5 Å². The summed E-state index contributed by atoms with van der Waals surface area (Å²) in [6.07, 6.45) is 1.99. The van der Waals surface area contributed by atoms with Crippen LogP contribution >= 0.6 is 12.2 Å². The number of rotatable bonds is 5. The Morgan fingerprint density at radius 3 is 2.30 bits per heavy atom. The maximum Gasteiger partial charge on any atom is 0.171 e. The van der Waals surface area contributed by atoms with Crippen molar-refractivity contribution in [3.63, 3.8) is 0 Å². The second kappa shape index (κ2) is 7.32. The average molecular weight is 334 g/mol. The first kappa shape index (κ1) is 17.1. The molecule has 1 heterocycles. The number of thiocarbonyl (C=S) groups is 1. The van der Waals surface area contributed by atoms with Crippen molar-refractivity contribution in [2.24, 2.45) is 7.05 Å². The van der Waals surface area contributed by atoms with Gasteiger partial charge in [-0.1, -0.05) is 0 Å². The molecular formula is C16H22N4O2S. The smallest absolute Gasteiger partial charge is 0.171 e. The molecule has 23 heavy (non-hydrogen) atoms. The fourth-order valence-corrected chi connectivity index (χ4v) is 2.66. The van der Waals surface area contributed by atoms with E-state index in [1.54, 1.807) is 18.9 Å². The third-order valence-corrected chi connectivity index (χ3v) is 3.69. The van der Waals surface area contributed by atoms with Gasteiger partial charge in [-0.15, -0.1) is 0 Å². The van der Waals surface area contributed by atoms with Crippen LogP contribution in [0.2, 0.25) is 0 Å².